The Bertz CT molecular complexity index is 644. The summed E-state index contributed by atoms with van der Waals surface area (Å²) < 4.78 is 5.57. The smallest absolute Gasteiger partial charge is 0.200 e. The molecule has 4 heteroatoms. The molecule has 0 saturated heterocycles. The highest BCUT2D eigenvalue weighted by Gasteiger charge is 2.08. The number of benzene rings is 2. The van der Waals surface area contributed by atoms with E-state index in [1.807, 2.05) is 36.6 Å². The molecule has 100 valence electrons. The number of hydrogen-bond donors (Lipinski definition) is 0. The van der Waals surface area contributed by atoms with Gasteiger partial charge in [-0.1, -0.05) is 12.1 Å². The highest BCUT2D eigenvalue weighted by atomic mass is 32.2. The molecule has 0 heterocycles. The van der Waals surface area contributed by atoms with E-state index in [0.717, 1.165) is 4.90 Å². The Kier molecular flexibility index (Phi) is 4.80. The van der Waals surface area contributed by atoms with E-state index in [2.05, 4.69) is 0 Å². The maximum Gasteiger partial charge on any atom is 0.200 e. The van der Waals surface area contributed by atoms with Crippen molar-refractivity contribution in [3.05, 3.63) is 59.7 Å². The second kappa shape index (κ2) is 6.78. The zero-order valence-corrected chi connectivity index (χ0v) is 11.8. The van der Waals surface area contributed by atoms with Gasteiger partial charge < -0.3 is 4.74 Å². The van der Waals surface area contributed by atoms with Crippen LogP contribution >= 0.6 is 11.8 Å². The Hall–Kier alpha value is -2.25. The van der Waals surface area contributed by atoms with Gasteiger partial charge in [-0.25, -0.2) is 0 Å². The summed E-state index contributed by atoms with van der Waals surface area (Å²) in [6.07, 6.45) is 1.96. The minimum atomic E-state index is -0.106. The van der Waals surface area contributed by atoms with E-state index >= 15 is 0 Å². The molecule has 0 amide bonds. The predicted octanol–water partition coefficient (Wildman–Crippen LogP) is 3.54. The molecule has 0 fully saturated rings. The molecule has 0 unspecified atom stereocenters. The van der Waals surface area contributed by atoms with Crippen molar-refractivity contribution < 1.29 is 9.53 Å². The second-order valence-corrected chi connectivity index (χ2v) is 4.90. The third kappa shape index (κ3) is 3.40. The fraction of sp³-hybridized carbons (Fsp3) is 0.125. The number of Topliss-reactive ketones (excluding diaryl/α,β-unsaturated/α-hetero) is 1. The van der Waals surface area contributed by atoms with Gasteiger partial charge in [-0.2, -0.15) is 5.26 Å². The van der Waals surface area contributed by atoms with Crippen molar-refractivity contribution >= 4 is 17.5 Å². The van der Waals surface area contributed by atoms with Crippen LogP contribution < -0.4 is 4.74 Å². The minimum absolute atomic E-state index is 0.0104. The summed E-state index contributed by atoms with van der Waals surface area (Å²) in [4.78, 5) is 13.0. The fourth-order valence-corrected chi connectivity index (χ4v) is 2.24. The van der Waals surface area contributed by atoms with E-state index in [1.54, 1.807) is 36.0 Å². The van der Waals surface area contributed by atoms with Crippen molar-refractivity contribution in [1.29, 1.82) is 5.26 Å². The van der Waals surface area contributed by atoms with Crippen molar-refractivity contribution in [1.82, 2.24) is 0 Å². The number of rotatable bonds is 5. The van der Waals surface area contributed by atoms with Crippen LogP contribution in [0.15, 0.2) is 53.4 Å². The van der Waals surface area contributed by atoms with Gasteiger partial charge in [0.25, 0.3) is 0 Å². The number of nitriles is 1. The Labute approximate surface area is 122 Å². The SMILES string of the molecule is CSc1ccccc1OCC(=O)c1ccc(C#N)cc1. The Morgan fingerprint density at radius 2 is 1.90 bits per heavy atom. The van der Waals surface area contributed by atoms with Gasteiger partial charge in [0.2, 0.25) is 0 Å². The molecule has 2 aromatic carbocycles. The van der Waals surface area contributed by atoms with Crippen LogP contribution in [0.5, 0.6) is 5.75 Å². The van der Waals surface area contributed by atoms with Crippen LogP contribution in [0.3, 0.4) is 0 Å². The first-order valence-corrected chi connectivity index (χ1v) is 7.26. The molecule has 0 aliphatic carbocycles. The normalized spacial score (nSPS) is 9.80. The van der Waals surface area contributed by atoms with E-state index < -0.39 is 0 Å². The van der Waals surface area contributed by atoms with Crippen LogP contribution in [-0.2, 0) is 0 Å². The Morgan fingerprint density at radius 3 is 2.55 bits per heavy atom. The summed E-state index contributed by atoms with van der Waals surface area (Å²) in [5.74, 6) is 0.604. The number of para-hydroxylation sites is 1. The van der Waals surface area contributed by atoms with E-state index in [4.69, 9.17) is 10.00 Å². The lowest BCUT2D eigenvalue weighted by atomic mass is 10.1. The second-order valence-electron chi connectivity index (χ2n) is 4.05. The number of carbonyl (C=O) groups is 1. The summed E-state index contributed by atoms with van der Waals surface area (Å²) >= 11 is 1.58. The van der Waals surface area contributed by atoms with Crippen LogP contribution in [0.2, 0.25) is 0 Å². The highest BCUT2D eigenvalue weighted by molar-refractivity contribution is 7.98. The molecule has 2 rings (SSSR count). The van der Waals surface area contributed by atoms with Crippen molar-refractivity contribution in [3.8, 4) is 11.8 Å². The maximum atomic E-state index is 12.0. The van der Waals surface area contributed by atoms with Gasteiger partial charge in [0.05, 0.1) is 11.6 Å². The lowest BCUT2D eigenvalue weighted by Crippen LogP contribution is -2.11. The number of nitrogens with zero attached hydrogens (tertiary/aromatic N) is 1. The average Bonchev–Trinajstić information content (AvgIpc) is 2.53. The maximum absolute atomic E-state index is 12.0. The van der Waals surface area contributed by atoms with Gasteiger partial charge >= 0.3 is 0 Å². The van der Waals surface area contributed by atoms with E-state index in [1.165, 1.54) is 0 Å². The molecule has 0 saturated carbocycles. The molecule has 0 aliphatic heterocycles. The number of ether oxygens (including phenoxy) is 1. The van der Waals surface area contributed by atoms with Gasteiger partial charge in [-0.3, -0.25) is 4.79 Å². The summed E-state index contributed by atoms with van der Waals surface area (Å²) in [6, 6.07) is 16.2. The van der Waals surface area contributed by atoms with Crippen molar-refractivity contribution in [2.45, 2.75) is 4.90 Å². The molecule has 2 aromatic rings. The molecule has 0 aliphatic rings. The molecule has 3 nitrogen and oxygen atoms in total. The molecule has 0 bridgehead atoms. The van der Waals surface area contributed by atoms with Crippen LogP contribution in [0, 0.1) is 11.3 Å². The third-order valence-electron chi connectivity index (χ3n) is 2.76. The van der Waals surface area contributed by atoms with Crippen molar-refractivity contribution in [2.75, 3.05) is 12.9 Å². The van der Waals surface area contributed by atoms with Gasteiger partial charge in [0.1, 0.15) is 5.75 Å². The van der Waals surface area contributed by atoms with Crippen LogP contribution in [0.4, 0.5) is 0 Å². The summed E-state index contributed by atoms with van der Waals surface area (Å²) in [5.41, 5.74) is 1.08. The molecule has 20 heavy (non-hydrogen) atoms. The van der Waals surface area contributed by atoms with Crippen molar-refractivity contribution in [2.24, 2.45) is 0 Å². The average molecular weight is 283 g/mol. The summed E-state index contributed by atoms with van der Waals surface area (Å²) in [5, 5.41) is 8.71. The topological polar surface area (TPSA) is 50.1 Å². The Balaban J connectivity index is 2.03. The van der Waals surface area contributed by atoms with Crippen LogP contribution in [0.25, 0.3) is 0 Å². The van der Waals surface area contributed by atoms with Gasteiger partial charge in [-0.15, -0.1) is 11.8 Å². The van der Waals surface area contributed by atoms with Gasteiger partial charge in [0, 0.05) is 10.5 Å². The molecule has 0 aromatic heterocycles. The van der Waals surface area contributed by atoms with Gasteiger partial charge in [-0.05, 0) is 42.7 Å². The minimum Gasteiger partial charge on any atom is -0.484 e. The van der Waals surface area contributed by atoms with Gasteiger partial charge in [0.15, 0.2) is 12.4 Å². The highest BCUT2D eigenvalue weighted by Crippen LogP contribution is 2.26. The quantitative estimate of drug-likeness (QED) is 0.622. The predicted molar refractivity (Wildman–Crippen MR) is 79.2 cm³/mol. The fourth-order valence-electron chi connectivity index (χ4n) is 1.70. The lowest BCUT2D eigenvalue weighted by Gasteiger charge is -2.09. The number of hydrogen-bond acceptors (Lipinski definition) is 4. The number of thioether (sulfide) groups is 1. The molecule has 0 atom stereocenters. The molecule has 0 N–H and O–H groups in total. The molecular formula is C16H13NO2S. The lowest BCUT2D eigenvalue weighted by molar-refractivity contribution is 0.0919. The zero-order chi connectivity index (χ0) is 14.4. The Morgan fingerprint density at radius 1 is 1.20 bits per heavy atom. The summed E-state index contributed by atoms with van der Waals surface area (Å²) in [7, 11) is 0. The zero-order valence-electron chi connectivity index (χ0n) is 11.0. The first-order valence-electron chi connectivity index (χ1n) is 6.04. The van der Waals surface area contributed by atoms with E-state index in [0.29, 0.717) is 16.9 Å². The molecular weight excluding hydrogens is 270 g/mol. The van der Waals surface area contributed by atoms with Crippen LogP contribution in [-0.4, -0.2) is 18.6 Å². The first-order chi connectivity index (χ1) is 9.74. The largest absolute Gasteiger partial charge is 0.484 e. The number of ketones is 1. The first kappa shape index (κ1) is 14.2. The monoisotopic (exact) mass is 283 g/mol. The van der Waals surface area contributed by atoms with E-state index in [-0.39, 0.29) is 12.4 Å². The van der Waals surface area contributed by atoms with Crippen molar-refractivity contribution in [3.63, 3.8) is 0 Å². The van der Waals surface area contributed by atoms with Crippen LogP contribution in [0.1, 0.15) is 15.9 Å². The summed E-state index contributed by atoms with van der Waals surface area (Å²) in [6.45, 7) is -0.0104. The van der Waals surface area contributed by atoms with E-state index in [9.17, 15) is 4.79 Å². The number of carbonyl (C=O) groups excluding carboxylic acids is 1. The molecule has 0 radical (unpaired) electrons. The molecule has 0 spiro atoms. The standard InChI is InChI=1S/C16H13NO2S/c1-20-16-5-3-2-4-15(16)19-11-14(18)13-8-6-12(10-17)7-9-13/h2-9H,11H2,1H3. The third-order valence-corrected chi connectivity index (χ3v) is 3.54.